The zero-order chi connectivity index (χ0) is 12.8. The fourth-order valence-electron chi connectivity index (χ4n) is 3.93. The minimum atomic E-state index is 0.189. The Morgan fingerprint density at radius 3 is 2.72 bits per heavy atom. The standard InChI is InChI=1S/C14H25N3S/c1-13(2)7-8-18-10-14(13)9-16-12(15)17(14)11-5-3-4-6-11/h11H,3-10H2,1-2H3,(H2,15,16). The Hall–Kier alpha value is -0.380. The van der Waals surface area contributed by atoms with Crippen molar-refractivity contribution in [3.05, 3.63) is 0 Å². The molecule has 0 bridgehead atoms. The van der Waals surface area contributed by atoms with Crippen LogP contribution in [0.15, 0.2) is 4.99 Å². The lowest BCUT2D eigenvalue weighted by atomic mass is 9.69. The lowest BCUT2D eigenvalue weighted by molar-refractivity contribution is 0.0401. The molecule has 1 saturated carbocycles. The van der Waals surface area contributed by atoms with Crippen LogP contribution in [0.2, 0.25) is 0 Å². The van der Waals surface area contributed by atoms with Crippen molar-refractivity contribution in [3.8, 4) is 0 Å². The van der Waals surface area contributed by atoms with E-state index in [9.17, 15) is 0 Å². The van der Waals surface area contributed by atoms with Gasteiger partial charge in [0.1, 0.15) is 0 Å². The van der Waals surface area contributed by atoms with Crippen molar-refractivity contribution in [1.82, 2.24) is 4.90 Å². The van der Waals surface area contributed by atoms with Gasteiger partial charge in [0.05, 0.1) is 12.1 Å². The molecule has 1 atom stereocenters. The van der Waals surface area contributed by atoms with Crippen molar-refractivity contribution in [3.63, 3.8) is 0 Å². The number of nitrogens with zero attached hydrogens (tertiary/aromatic N) is 2. The number of guanidine groups is 1. The van der Waals surface area contributed by atoms with Crippen molar-refractivity contribution in [2.75, 3.05) is 18.1 Å². The van der Waals surface area contributed by atoms with Crippen LogP contribution in [0, 0.1) is 5.41 Å². The van der Waals surface area contributed by atoms with Gasteiger partial charge in [0.25, 0.3) is 0 Å². The van der Waals surface area contributed by atoms with Crippen molar-refractivity contribution >= 4 is 17.7 Å². The normalized spacial score (nSPS) is 36.3. The highest BCUT2D eigenvalue weighted by molar-refractivity contribution is 7.99. The van der Waals surface area contributed by atoms with Crippen LogP contribution in [0.1, 0.15) is 46.0 Å². The van der Waals surface area contributed by atoms with Crippen molar-refractivity contribution in [1.29, 1.82) is 0 Å². The number of nitrogens with two attached hydrogens (primary N) is 1. The van der Waals surface area contributed by atoms with Crippen molar-refractivity contribution < 1.29 is 0 Å². The quantitative estimate of drug-likeness (QED) is 0.793. The molecule has 3 rings (SSSR count). The molecule has 1 saturated heterocycles. The number of thioether (sulfide) groups is 1. The van der Waals surface area contributed by atoms with E-state index in [0.29, 0.717) is 11.5 Å². The maximum Gasteiger partial charge on any atom is 0.192 e. The molecule has 0 aromatic heterocycles. The molecule has 3 nitrogen and oxygen atoms in total. The first-order valence-electron chi connectivity index (χ1n) is 7.24. The molecule has 2 fully saturated rings. The van der Waals surface area contributed by atoms with Gasteiger partial charge >= 0.3 is 0 Å². The van der Waals surface area contributed by atoms with Gasteiger partial charge in [0.2, 0.25) is 0 Å². The Bertz CT molecular complexity index is 360. The molecule has 0 aromatic carbocycles. The summed E-state index contributed by atoms with van der Waals surface area (Å²) >= 11 is 2.09. The summed E-state index contributed by atoms with van der Waals surface area (Å²) in [7, 11) is 0. The molecule has 0 aromatic rings. The van der Waals surface area contributed by atoms with Gasteiger partial charge in [0.15, 0.2) is 5.96 Å². The molecular weight excluding hydrogens is 242 g/mol. The zero-order valence-corrected chi connectivity index (χ0v) is 12.4. The fraction of sp³-hybridized carbons (Fsp3) is 0.929. The van der Waals surface area contributed by atoms with Crippen LogP contribution in [0.25, 0.3) is 0 Å². The van der Waals surface area contributed by atoms with E-state index in [4.69, 9.17) is 5.73 Å². The molecule has 1 spiro atoms. The second kappa shape index (κ2) is 4.32. The molecular formula is C14H25N3S. The molecule has 2 N–H and O–H groups in total. The fourth-order valence-corrected chi connectivity index (χ4v) is 5.69. The Labute approximate surface area is 115 Å². The highest BCUT2D eigenvalue weighted by Crippen LogP contribution is 2.50. The van der Waals surface area contributed by atoms with Gasteiger partial charge in [0, 0.05) is 11.8 Å². The first-order chi connectivity index (χ1) is 8.57. The average molecular weight is 267 g/mol. The third-order valence-corrected chi connectivity index (χ3v) is 6.55. The van der Waals surface area contributed by atoms with Crippen molar-refractivity contribution in [2.24, 2.45) is 16.1 Å². The molecule has 2 heterocycles. The van der Waals surface area contributed by atoms with E-state index in [1.165, 1.54) is 43.6 Å². The lowest BCUT2D eigenvalue weighted by Gasteiger charge is -2.54. The monoisotopic (exact) mass is 267 g/mol. The summed E-state index contributed by atoms with van der Waals surface area (Å²) in [5.74, 6) is 3.30. The lowest BCUT2D eigenvalue weighted by Crippen LogP contribution is -2.65. The summed E-state index contributed by atoms with van der Waals surface area (Å²) in [5.41, 5.74) is 6.77. The summed E-state index contributed by atoms with van der Waals surface area (Å²) in [4.78, 5) is 7.18. The Morgan fingerprint density at radius 2 is 2.06 bits per heavy atom. The van der Waals surface area contributed by atoms with Gasteiger partial charge < -0.3 is 10.6 Å². The van der Waals surface area contributed by atoms with Crippen LogP contribution < -0.4 is 5.73 Å². The van der Waals surface area contributed by atoms with E-state index in [0.717, 1.165) is 12.5 Å². The van der Waals surface area contributed by atoms with Gasteiger partial charge in [-0.15, -0.1) is 0 Å². The van der Waals surface area contributed by atoms with Gasteiger partial charge in [-0.1, -0.05) is 26.7 Å². The number of rotatable bonds is 1. The van der Waals surface area contributed by atoms with E-state index in [2.05, 4.69) is 35.5 Å². The van der Waals surface area contributed by atoms with Crippen LogP contribution in [0.5, 0.6) is 0 Å². The summed E-state index contributed by atoms with van der Waals surface area (Å²) in [6, 6.07) is 0.647. The Morgan fingerprint density at radius 1 is 1.33 bits per heavy atom. The van der Waals surface area contributed by atoms with E-state index in [1.54, 1.807) is 0 Å². The van der Waals surface area contributed by atoms with E-state index < -0.39 is 0 Å². The minimum absolute atomic E-state index is 0.189. The van der Waals surface area contributed by atoms with E-state index in [1.807, 2.05) is 0 Å². The molecule has 1 unspecified atom stereocenters. The number of aliphatic imine (C=N–C) groups is 1. The smallest absolute Gasteiger partial charge is 0.192 e. The predicted octanol–water partition coefficient (Wildman–Crippen LogP) is 2.46. The largest absolute Gasteiger partial charge is 0.370 e. The van der Waals surface area contributed by atoms with Crippen LogP contribution in [-0.4, -0.2) is 40.5 Å². The second-order valence-corrected chi connectivity index (χ2v) is 7.81. The molecule has 102 valence electrons. The molecule has 3 aliphatic rings. The van der Waals surface area contributed by atoms with Crippen LogP contribution in [0.4, 0.5) is 0 Å². The first-order valence-corrected chi connectivity index (χ1v) is 8.39. The minimum Gasteiger partial charge on any atom is -0.370 e. The summed E-state index contributed by atoms with van der Waals surface area (Å²) in [6.45, 7) is 5.75. The molecule has 4 heteroatoms. The molecule has 18 heavy (non-hydrogen) atoms. The highest BCUT2D eigenvalue weighted by atomic mass is 32.2. The number of hydrogen-bond donors (Lipinski definition) is 1. The van der Waals surface area contributed by atoms with E-state index in [-0.39, 0.29) is 5.54 Å². The highest BCUT2D eigenvalue weighted by Gasteiger charge is 2.56. The molecule has 2 aliphatic heterocycles. The average Bonchev–Trinajstić information content (AvgIpc) is 2.92. The topological polar surface area (TPSA) is 41.6 Å². The SMILES string of the molecule is CC1(C)CCSCC12CN=C(N)N2C1CCCC1. The van der Waals surface area contributed by atoms with Crippen LogP contribution in [0.3, 0.4) is 0 Å². The maximum absolute atomic E-state index is 6.25. The summed E-state index contributed by atoms with van der Waals surface area (Å²) in [5, 5.41) is 0. The van der Waals surface area contributed by atoms with Gasteiger partial charge in [-0.05, 0) is 30.4 Å². The van der Waals surface area contributed by atoms with Crippen molar-refractivity contribution in [2.45, 2.75) is 57.5 Å². The maximum atomic E-state index is 6.25. The van der Waals surface area contributed by atoms with Gasteiger partial charge in [-0.3, -0.25) is 4.99 Å². The summed E-state index contributed by atoms with van der Waals surface area (Å²) in [6.07, 6.45) is 6.61. The van der Waals surface area contributed by atoms with Gasteiger partial charge in [-0.25, -0.2) is 0 Å². The Kier molecular flexibility index (Phi) is 3.04. The second-order valence-electron chi connectivity index (χ2n) is 6.70. The molecule has 0 amide bonds. The van der Waals surface area contributed by atoms with Gasteiger partial charge in [-0.2, -0.15) is 11.8 Å². The molecule has 0 radical (unpaired) electrons. The predicted molar refractivity (Wildman–Crippen MR) is 79.0 cm³/mol. The third-order valence-electron chi connectivity index (χ3n) is 5.37. The summed E-state index contributed by atoms with van der Waals surface area (Å²) < 4.78 is 0. The van der Waals surface area contributed by atoms with Crippen LogP contribution in [-0.2, 0) is 0 Å². The molecule has 1 aliphatic carbocycles. The van der Waals surface area contributed by atoms with E-state index >= 15 is 0 Å². The Balaban J connectivity index is 1.94. The number of hydrogen-bond acceptors (Lipinski definition) is 4. The third kappa shape index (κ3) is 1.68. The van der Waals surface area contributed by atoms with Crippen LogP contribution >= 0.6 is 11.8 Å². The zero-order valence-electron chi connectivity index (χ0n) is 11.6. The first kappa shape index (κ1) is 12.6.